The molecule has 4 fully saturated rings. The maximum absolute atomic E-state index is 13.1. The topological polar surface area (TPSA) is 101 Å². The predicted molar refractivity (Wildman–Crippen MR) is 132 cm³/mol. The third-order valence-corrected chi connectivity index (χ3v) is 10.3. The minimum absolute atomic E-state index is 0.0532. The number of esters is 3. The van der Waals surface area contributed by atoms with Gasteiger partial charge in [-0.3, -0.25) is 9.59 Å². The molecule has 1 spiro atoms. The molecule has 2 bridgehead atoms. The lowest BCUT2D eigenvalue weighted by atomic mass is 9.41. The van der Waals surface area contributed by atoms with E-state index in [2.05, 4.69) is 34.3 Å². The summed E-state index contributed by atoms with van der Waals surface area (Å²) in [5, 5.41) is 0. The Kier molecular flexibility index (Phi) is 5.94. The third kappa shape index (κ3) is 3.47. The van der Waals surface area contributed by atoms with Crippen LogP contribution in [0.1, 0.15) is 78.4 Å². The summed E-state index contributed by atoms with van der Waals surface area (Å²) in [6, 6.07) is 1.84. The zero-order valence-electron chi connectivity index (χ0n) is 22.6. The molecule has 37 heavy (non-hydrogen) atoms. The zero-order valence-corrected chi connectivity index (χ0v) is 22.6. The van der Waals surface area contributed by atoms with Crippen molar-refractivity contribution in [2.45, 2.75) is 90.6 Å². The zero-order chi connectivity index (χ0) is 27.0. The van der Waals surface area contributed by atoms with E-state index in [0.29, 0.717) is 0 Å². The van der Waals surface area contributed by atoms with Crippen LogP contribution in [0, 0.1) is 28.1 Å². The van der Waals surface area contributed by atoms with Crippen LogP contribution >= 0.6 is 0 Å². The van der Waals surface area contributed by atoms with Crippen molar-refractivity contribution in [2.24, 2.45) is 28.1 Å². The van der Waals surface area contributed by atoms with E-state index in [9.17, 15) is 14.4 Å². The summed E-state index contributed by atoms with van der Waals surface area (Å²) in [6.07, 6.45) is 4.46. The van der Waals surface area contributed by atoms with Gasteiger partial charge in [0.25, 0.3) is 0 Å². The molecule has 0 N–H and O–H groups in total. The number of hydrogen-bond acceptors (Lipinski definition) is 8. The van der Waals surface area contributed by atoms with Gasteiger partial charge in [0.1, 0.15) is 11.7 Å². The van der Waals surface area contributed by atoms with E-state index in [4.69, 9.17) is 23.4 Å². The minimum atomic E-state index is -1.07. The monoisotopic (exact) mass is 514 g/mol. The molecule has 8 atom stereocenters. The maximum atomic E-state index is 13.1. The highest BCUT2D eigenvalue weighted by Gasteiger charge is 2.73. The first-order valence-electron chi connectivity index (χ1n) is 13.2. The van der Waals surface area contributed by atoms with Crippen LogP contribution in [0.4, 0.5) is 0 Å². The number of fused-ring (bicyclic) bond motifs is 3. The Hall–Kier alpha value is -2.61. The van der Waals surface area contributed by atoms with E-state index in [-0.39, 0.29) is 35.7 Å². The highest BCUT2D eigenvalue weighted by molar-refractivity contribution is 5.79. The Morgan fingerprint density at radius 3 is 2.51 bits per heavy atom. The number of carbonyl (C=O) groups is 3. The molecule has 2 saturated heterocycles. The highest BCUT2D eigenvalue weighted by atomic mass is 16.6. The lowest BCUT2D eigenvalue weighted by Crippen LogP contribution is -2.73. The van der Waals surface area contributed by atoms with Gasteiger partial charge in [-0.2, -0.15) is 0 Å². The van der Waals surface area contributed by atoms with Crippen LogP contribution in [0.25, 0.3) is 0 Å². The van der Waals surface area contributed by atoms with Crippen LogP contribution in [0.3, 0.4) is 0 Å². The maximum Gasteiger partial charge on any atom is 0.347 e. The number of ether oxygens (including phenoxy) is 4. The number of rotatable bonds is 4. The Morgan fingerprint density at radius 2 is 1.89 bits per heavy atom. The second-order valence-electron chi connectivity index (χ2n) is 12.5. The van der Waals surface area contributed by atoms with Gasteiger partial charge in [0.05, 0.1) is 32.2 Å². The van der Waals surface area contributed by atoms with Crippen LogP contribution in [-0.2, 0) is 33.3 Å². The number of furan rings is 1. The van der Waals surface area contributed by atoms with Crippen LogP contribution in [0.5, 0.6) is 0 Å². The van der Waals surface area contributed by atoms with Crippen molar-refractivity contribution >= 4 is 17.9 Å². The molecule has 8 nitrogen and oxygen atoms in total. The largest absolute Gasteiger partial charge is 0.472 e. The molecular formula is C29H38O8. The van der Waals surface area contributed by atoms with Crippen molar-refractivity contribution in [1.29, 1.82) is 0 Å². The number of carbonyl (C=O) groups excluding carboxylic acids is 3. The Labute approximate surface area is 218 Å². The smallest absolute Gasteiger partial charge is 0.347 e. The second kappa shape index (κ2) is 8.45. The highest BCUT2D eigenvalue weighted by Crippen LogP contribution is 2.72. The van der Waals surface area contributed by atoms with Gasteiger partial charge in [0.15, 0.2) is 0 Å². The first kappa shape index (κ1) is 26.0. The van der Waals surface area contributed by atoms with Crippen molar-refractivity contribution in [1.82, 2.24) is 0 Å². The van der Waals surface area contributed by atoms with Crippen LogP contribution in [0.2, 0.25) is 0 Å². The molecule has 4 aliphatic rings. The number of methoxy groups -OCH3 is 1. The van der Waals surface area contributed by atoms with Gasteiger partial charge in [-0.1, -0.05) is 34.3 Å². The fourth-order valence-corrected chi connectivity index (χ4v) is 8.60. The first-order chi connectivity index (χ1) is 17.3. The van der Waals surface area contributed by atoms with Gasteiger partial charge < -0.3 is 23.4 Å². The van der Waals surface area contributed by atoms with E-state index in [0.717, 1.165) is 36.8 Å². The Bertz CT molecular complexity index is 1120. The summed E-state index contributed by atoms with van der Waals surface area (Å²) >= 11 is 0. The summed E-state index contributed by atoms with van der Waals surface area (Å²) in [5.74, 6) is -1.85. The van der Waals surface area contributed by atoms with Crippen molar-refractivity contribution in [3.63, 3.8) is 0 Å². The van der Waals surface area contributed by atoms with Gasteiger partial charge >= 0.3 is 17.9 Å². The molecule has 202 valence electrons. The fraction of sp³-hybridized carbons (Fsp3) is 0.690. The summed E-state index contributed by atoms with van der Waals surface area (Å²) in [6.45, 7) is 14.4. The molecule has 3 heterocycles. The third-order valence-electron chi connectivity index (χ3n) is 10.3. The van der Waals surface area contributed by atoms with Gasteiger partial charge in [0.2, 0.25) is 6.10 Å². The molecule has 0 radical (unpaired) electrons. The molecule has 5 rings (SSSR count). The Morgan fingerprint density at radius 1 is 1.16 bits per heavy atom. The molecule has 1 aromatic rings. The molecular weight excluding hydrogens is 476 g/mol. The van der Waals surface area contributed by atoms with Crippen molar-refractivity contribution in [2.75, 3.05) is 7.11 Å². The van der Waals surface area contributed by atoms with E-state index in [1.54, 1.807) is 12.5 Å². The van der Waals surface area contributed by atoms with Crippen molar-refractivity contribution < 1.29 is 37.7 Å². The predicted octanol–water partition coefficient (Wildman–Crippen LogP) is 4.92. The second-order valence-corrected chi connectivity index (χ2v) is 12.5. The number of hydrogen-bond donors (Lipinski definition) is 0. The molecule has 8 unspecified atom stereocenters. The molecule has 1 aromatic heterocycles. The lowest BCUT2D eigenvalue weighted by Gasteiger charge is -2.70. The normalized spacial score (nSPS) is 41.0. The van der Waals surface area contributed by atoms with Gasteiger partial charge in [-0.15, -0.1) is 0 Å². The molecule has 2 aliphatic heterocycles. The van der Waals surface area contributed by atoms with E-state index in [1.165, 1.54) is 14.0 Å². The van der Waals surface area contributed by atoms with Crippen molar-refractivity contribution in [3.8, 4) is 0 Å². The van der Waals surface area contributed by atoms with Gasteiger partial charge in [-0.25, -0.2) is 4.79 Å². The summed E-state index contributed by atoms with van der Waals surface area (Å²) < 4.78 is 29.3. The van der Waals surface area contributed by atoms with E-state index < -0.39 is 40.6 Å². The van der Waals surface area contributed by atoms with Crippen molar-refractivity contribution in [3.05, 3.63) is 36.3 Å². The lowest BCUT2D eigenvalue weighted by molar-refractivity contribution is -0.310. The average Bonchev–Trinajstić information content (AvgIpc) is 3.34. The quantitative estimate of drug-likeness (QED) is 0.317. The Balaban J connectivity index is 1.63. The van der Waals surface area contributed by atoms with Crippen LogP contribution < -0.4 is 0 Å². The van der Waals surface area contributed by atoms with Crippen LogP contribution in [0.15, 0.2) is 35.2 Å². The SMILES string of the molecule is C=C1C2CCC3(C)C(c4ccoc4)OC(=O)CC13OC1CCC(C)(C)C(C(OC(C)=O)C(=O)OC)C12C. The molecule has 0 aromatic carbocycles. The fourth-order valence-electron chi connectivity index (χ4n) is 8.60. The molecule has 0 amide bonds. The van der Waals surface area contributed by atoms with Gasteiger partial charge in [0, 0.05) is 29.2 Å². The van der Waals surface area contributed by atoms with E-state index in [1.807, 2.05) is 6.07 Å². The number of cyclic esters (lactones) is 1. The van der Waals surface area contributed by atoms with E-state index >= 15 is 0 Å². The van der Waals surface area contributed by atoms with Gasteiger partial charge in [-0.05, 0) is 48.7 Å². The van der Waals surface area contributed by atoms with Crippen LogP contribution in [-0.4, -0.2) is 42.8 Å². The standard InChI is InChI=1S/C29H38O8/c1-16-19-8-12-27(5)24(18-10-13-34-15-18)36-21(31)14-29(16,27)37-20-9-11-26(3,4)23(28(19,20)6)22(25(32)33-7)35-17(2)30/h10,13,15,19-20,22-24H,1,8-9,11-12,14H2,2-7H3. The molecule has 2 aliphatic carbocycles. The first-order valence-corrected chi connectivity index (χ1v) is 13.2. The minimum Gasteiger partial charge on any atom is -0.472 e. The summed E-state index contributed by atoms with van der Waals surface area (Å²) in [5.41, 5.74) is -0.711. The summed E-state index contributed by atoms with van der Waals surface area (Å²) in [4.78, 5) is 38.3. The molecule has 8 heteroatoms. The molecule has 2 saturated carbocycles. The summed E-state index contributed by atoms with van der Waals surface area (Å²) in [7, 11) is 1.31. The average molecular weight is 515 g/mol.